The van der Waals surface area contributed by atoms with Gasteiger partial charge in [0.1, 0.15) is 30.3 Å². The summed E-state index contributed by atoms with van der Waals surface area (Å²) in [5.41, 5.74) is 1.03. The molecule has 4 aromatic rings. The first-order valence-electron chi connectivity index (χ1n) is 17.0. The quantitative estimate of drug-likeness (QED) is 0.0581. The predicted octanol–water partition coefficient (Wildman–Crippen LogP) is 7.91. The van der Waals surface area contributed by atoms with Crippen molar-refractivity contribution in [1.82, 2.24) is 4.90 Å². The topological polar surface area (TPSA) is 144 Å². The maximum atomic E-state index is 14.2. The Morgan fingerprint density at radius 3 is 1.84 bits per heavy atom. The number of ketones is 1. The van der Waals surface area contributed by atoms with E-state index in [1.165, 1.54) is 31.4 Å². The van der Waals surface area contributed by atoms with E-state index in [9.17, 15) is 22.8 Å². The Bertz CT molecular complexity index is 2050. The molecule has 0 saturated heterocycles. The normalized spacial score (nSPS) is 12.0. The van der Waals surface area contributed by atoms with E-state index in [4.69, 9.17) is 40.0 Å². The number of carbonyl (C=O) groups is 3. The molecule has 2 amide bonds. The van der Waals surface area contributed by atoms with Crippen molar-refractivity contribution in [3.8, 4) is 23.0 Å². The lowest BCUT2D eigenvalue weighted by molar-refractivity contribution is -0.128. The zero-order valence-electron chi connectivity index (χ0n) is 31.6. The molecule has 4 aromatic carbocycles. The molecular formula is C40H44ClNO11S2. The number of rotatable bonds is 17. The van der Waals surface area contributed by atoms with Gasteiger partial charge in [-0.2, -0.15) is 0 Å². The highest BCUT2D eigenvalue weighted by Gasteiger charge is 2.39. The molecule has 0 radical (unpaired) electrons. The zero-order chi connectivity index (χ0) is 40.3. The number of Topliss-reactive ketones (excluding diaryl/α,β-unsaturated/α-hetero) is 1. The van der Waals surface area contributed by atoms with E-state index in [0.717, 1.165) is 16.7 Å². The van der Waals surface area contributed by atoms with Gasteiger partial charge in [0.2, 0.25) is 8.87 Å². The van der Waals surface area contributed by atoms with Crippen molar-refractivity contribution in [3.05, 3.63) is 112 Å². The lowest BCUT2D eigenvalue weighted by Gasteiger charge is -2.31. The molecule has 1 atom stereocenters. The summed E-state index contributed by atoms with van der Waals surface area (Å²) in [7, 11) is 0.988. The number of nitrogens with zero attached hydrogens (tertiary/aromatic N) is 1. The minimum Gasteiger partial charge on any atom is -0.497 e. The second-order valence-electron chi connectivity index (χ2n) is 13.2. The van der Waals surface area contributed by atoms with E-state index in [1.807, 2.05) is 19.1 Å². The van der Waals surface area contributed by atoms with Crippen molar-refractivity contribution >= 4 is 49.0 Å². The fourth-order valence-corrected chi connectivity index (χ4v) is 8.22. The third kappa shape index (κ3) is 11.9. The molecule has 0 heterocycles. The van der Waals surface area contributed by atoms with Crippen LogP contribution in [0.1, 0.15) is 47.8 Å². The van der Waals surface area contributed by atoms with Gasteiger partial charge in [0.05, 0.1) is 42.3 Å². The summed E-state index contributed by atoms with van der Waals surface area (Å²) in [6, 6.07) is 22.0. The number of carbonyl (C=O) groups excluding carboxylic acids is 3. The SMILES string of the molecule is COC[C@H](CSS(=O)(=O)c1ccc(C)cc1)N(C(=O)OC(C)(C)C)C(=O)C(=O)c1ccc(OCc2ccc(OC)cc2)c(OCc2ccc(OC)cc2)c1Cl. The van der Waals surface area contributed by atoms with Crippen LogP contribution in [0.3, 0.4) is 0 Å². The third-order valence-corrected chi connectivity index (χ3v) is 11.8. The Morgan fingerprint density at radius 2 is 1.33 bits per heavy atom. The summed E-state index contributed by atoms with van der Waals surface area (Å²) in [5.74, 6) is -1.38. The molecule has 4 rings (SSSR count). The summed E-state index contributed by atoms with van der Waals surface area (Å²) in [6.07, 6.45) is -1.17. The van der Waals surface area contributed by atoms with Crippen LogP contribution >= 0.6 is 22.4 Å². The van der Waals surface area contributed by atoms with Crippen LogP contribution in [0.2, 0.25) is 5.02 Å². The predicted molar refractivity (Wildman–Crippen MR) is 210 cm³/mol. The Morgan fingerprint density at radius 1 is 0.782 bits per heavy atom. The van der Waals surface area contributed by atoms with Crippen LogP contribution in [0.4, 0.5) is 4.79 Å². The van der Waals surface area contributed by atoms with Crippen molar-refractivity contribution in [3.63, 3.8) is 0 Å². The average Bonchev–Trinajstić information content (AvgIpc) is 3.15. The number of methoxy groups -OCH3 is 3. The molecule has 15 heteroatoms. The second-order valence-corrected chi connectivity index (χ2v) is 17.5. The molecule has 12 nitrogen and oxygen atoms in total. The molecule has 0 aromatic heterocycles. The summed E-state index contributed by atoms with van der Waals surface area (Å²) >= 11 is 6.86. The van der Waals surface area contributed by atoms with Crippen LogP contribution < -0.4 is 18.9 Å². The zero-order valence-corrected chi connectivity index (χ0v) is 34.0. The monoisotopic (exact) mass is 813 g/mol. The van der Waals surface area contributed by atoms with Crippen LogP contribution in [0.15, 0.2) is 89.8 Å². The number of hydrogen-bond acceptors (Lipinski definition) is 12. The van der Waals surface area contributed by atoms with Crippen molar-refractivity contribution in [2.75, 3.05) is 33.7 Å². The number of ether oxygens (including phenoxy) is 6. The largest absolute Gasteiger partial charge is 0.497 e. The molecule has 0 aliphatic heterocycles. The van der Waals surface area contributed by atoms with Gasteiger partial charge in [0.25, 0.3) is 5.78 Å². The van der Waals surface area contributed by atoms with E-state index in [0.29, 0.717) is 27.2 Å². The average molecular weight is 814 g/mol. The Balaban J connectivity index is 1.69. The van der Waals surface area contributed by atoms with Crippen LogP contribution in [0.25, 0.3) is 0 Å². The van der Waals surface area contributed by atoms with Crippen LogP contribution in [-0.2, 0) is 36.4 Å². The summed E-state index contributed by atoms with van der Waals surface area (Å²) in [6.45, 7) is 6.38. The highest BCUT2D eigenvalue weighted by atomic mass is 35.5. The van der Waals surface area contributed by atoms with Crippen molar-refractivity contribution in [1.29, 1.82) is 0 Å². The van der Waals surface area contributed by atoms with Gasteiger partial charge < -0.3 is 28.4 Å². The molecular weight excluding hydrogens is 770 g/mol. The molecule has 294 valence electrons. The van der Waals surface area contributed by atoms with Gasteiger partial charge in [-0.25, -0.2) is 18.1 Å². The third-order valence-electron chi connectivity index (χ3n) is 7.85. The minimum absolute atomic E-state index is 0.000820. The fourth-order valence-electron chi connectivity index (χ4n) is 4.99. The van der Waals surface area contributed by atoms with E-state index >= 15 is 0 Å². The van der Waals surface area contributed by atoms with Gasteiger partial charge >= 0.3 is 12.0 Å². The summed E-state index contributed by atoms with van der Waals surface area (Å²) < 4.78 is 60.1. The molecule has 0 fully saturated rings. The Kier molecular flexibility index (Phi) is 15.0. The van der Waals surface area contributed by atoms with Crippen LogP contribution in [-0.4, -0.2) is 76.4 Å². The molecule has 0 unspecified atom stereocenters. The first-order chi connectivity index (χ1) is 26.1. The number of amides is 2. The van der Waals surface area contributed by atoms with Gasteiger partial charge in [-0.3, -0.25) is 9.59 Å². The first kappa shape index (κ1) is 43.0. The number of benzene rings is 4. The van der Waals surface area contributed by atoms with Crippen molar-refractivity contribution < 1.29 is 51.2 Å². The number of aryl methyl sites for hydroxylation is 1. The maximum absolute atomic E-state index is 14.2. The molecule has 55 heavy (non-hydrogen) atoms. The highest BCUT2D eigenvalue weighted by molar-refractivity contribution is 8.72. The fraction of sp³-hybridized carbons (Fsp3) is 0.325. The maximum Gasteiger partial charge on any atom is 0.417 e. The van der Waals surface area contributed by atoms with Gasteiger partial charge in [0, 0.05) is 12.9 Å². The van der Waals surface area contributed by atoms with Gasteiger partial charge in [-0.05, 0) is 98.1 Å². The van der Waals surface area contributed by atoms with Crippen LogP contribution in [0.5, 0.6) is 23.0 Å². The Hall–Kier alpha value is -4.76. The Labute approximate surface area is 330 Å². The second kappa shape index (κ2) is 19.2. The van der Waals surface area contributed by atoms with E-state index in [2.05, 4.69) is 0 Å². The van der Waals surface area contributed by atoms with Gasteiger partial charge in [0.15, 0.2) is 11.5 Å². The molecule has 0 aliphatic rings. The molecule has 0 bridgehead atoms. The first-order valence-corrected chi connectivity index (χ1v) is 20.3. The number of halogens is 1. The van der Waals surface area contributed by atoms with Gasteiger partial charge in [-0.1, -0.05) is 53.6 Å². The van der Waals surface area contributed by atoms with Gasteiger partial charge in [-0.15, -0.1) is 0 Å². The smallest absolute Gasteiger partial charge is 0.417 e. The van der Waals surface area contributed by atoms with Crippen molar-refractivity contribution in [2.45, 2.75) is 57.4 Å². The summed E-state index contributed by atoms with van der Waals surface area (Å²) in [5, 5.41) is -0.247. The lowest BCUT2D eigenvalue weighted by Crippen LogP contribution is -2.52. The van der Waals surface area contributed by atoms with Crippen molar-refractivity contribution in [2.24, 2.45) is 0 Å². The van der Waals surface area contributed by atoms with E-state index in [-0.39, 0.29) is 52.6 Å². The lowest BCUT2D eigenvalue weighted by atomic mass is 10.1. The van der Waals surface area contributed by atoms with Crippen LogP contribution in [0, 0.1) is 6.92 Å². The van der Waals surface area contributed by atoms with E-state index < -0.39 is 38.3 Å². The minimum atomic E-state index is -3.94. The molecule has 0 saturated carbocycles. The standard InChI is InChI=1S/C40H44ClNO11S2/c1-26-8-18-32(19-9-26)55(46,47)54-25-29(24-48-5)42(39(45)53-40(2,3)4)38(44)36(43)33-20-21-34(51-22-27-10-14-30(49-6)15-11-27)37(35(33)41)52-23-28-12-16-31(50-7)17-13-28/h8-21,29H,22-25H2,1-7H3/t29-/m1/s1. The van der Waals surface area contributed by atoms with E-state index in [1.54, 1.807) is 83.5 Å². The number of hydrogen-bond donors (Lipinski definition) is 0. The molecule has 0 aliphatic carbocycles. The summed E-state index contributed by atoms with van der Waals surface area (Å²) in [4.78, 5) is 42.6. The number of imide groups is 1. The molecule has 0 spiro atoms. The highest BCUT2D eigenvalue weighted by Crippen LogP contribution is 2.39. The molecule has 0 N–H and O–H groups in total.